The lowest BCUT2D eigenvalue weighted by Gasteiger charge is -2.37. The molecule has 2 atom stereocenters. The molecule has 2 aromatic heterocycles. The van der Waals surface area contributed by atoms with Crippen LogP contribution in [0.3, 0.4) is 0 Å². The number of aromatic nitrogens is 3. The Morgan fingerprint density at radius 3 is 2.76 bits per heavy atom. The highest BCUT2D eigenvalue weighted by molar-refractivity contribution is 7.17. The second kappa shape index (κ2) is 8.98. The molecule has 1 aliphatic rings. The molecule has 0 bridgehead atoms. The molecule has 0 radical (unpaired) electrons. The molecule has 0 saturated carbocycles. The summed E-state index contributed by atoms with van der Waals surface area (Å²) in [6, 6.07) is 0.134. The Morgan fingerprint density at radius 1 is 1.44 bits per heavy atom. The highest BCUT2D eigenvalue weighted by Gasteiger charge is 2.31. The Labute approximate surface area is 164 Å². The number of rotatable bonds is 3. The average Bonchev–Trinajstić information content (AvgIpc) is 3.12. The van der Waals surface area contributed by atoms with Crippen molar-refractivity contribution in [3.8, 4) is 10.6 Å². The van der Waals surface area contributed by atoms with E-state index in [4.69, 9.17) is 5.73 Å². The van der Waals surface area contributed by atoms with E-state index in [2.05, 4.69) is 17.0 Å². The van der Waals surface area contributed by atoms with E-state index in [0.29, 0.717) is 12.5 Å². The Kier molecular flexibility index (Phi) is 7.87. The smallest absolute Gasteiger partial charge is 0.266 e. The van der Waals surface area contributed by atoms with Gasteiger partial charge in [-0.2, -0.15) is 5.10 Å². The van der Waals surface area contributed by atoms with Crippen LogP contribution in [-0.2, 0) is 7.05 Å². The van der Waals surface area contributed by atoms with Gasteiger partial charge in [0.05, 0.1) is 11.9 Å². The number of carbonyl (C=O) groups is 1. The van der Waals surface area contributed by atoms with Gasteiger partial charge in [-0.3, -0.25) is 9.48 Å². The zero-order valence-electron chi connectivity index (χ0n) is 14.6. The maximum Gasteiger partial charge on any atom is 0.266 e. The predicted molar refractivity (Wildman–Crippen MR) is 106 cm³/mol. The van der Waals surface area contributed by atoms with E-state index >= 15 is 0 Å². The van der Waals surface area contributed by atoms with Gasteiger partial charge in [0, 0.05) is 37.9 Å². The number of likely N-dealkylation sites (tertiary alicyclic amines) is 1. The van der Waals surface area contributed by atoms with Crippen molar-refractivity contribution in [3.05, 3.63) is 23.0 Å². The van der Waals surface area contributed by atoms with Crippen LogP contribution in [0, 0.1) is 12.8 Å². The zero-order valence-corrected chi connectivity index (χ0v) is 17.1. The molecule has 2 N–H and O–H groups in total. The second-order valence-electron chi connectivity index (χ2n) is 6.35. The fourth-order valence-corrected chi connectivity index (χ4v) is 4.12. The minimum absolute atomic E-state index is 0. The SMILES string of the molecule is Cc1nc(-c2cnn(C)c2)sc1C(=O)N1CCC(C)CC1CN.Cl.Cl. The molecule has 3 rings (SSSR count). The summed E-state index contributed by atoms with van der Waals surface area (Å²) in [4.78, 5) is 20.2. The number of thiazole rings is 1. The van der Waals surface area contributed by atoms with Crippen molar-refractivity contribution in [1.82, 2.24) is 19.7 Å². The lowest BCUT2D eigenvalue weighted by atomic mass is 9.92. The second-order valence-corrected chi connectivity index (χ2v) is 7.35. The summed E-state index contributed by atoms with van der Waals surface area (Å²) >= 11 is 1.44. The first-order chi connectivity index (χ1) is 11.0. The van der Waals surface area contributed by atoms with Gasteiger partial charge in [0.15, 0.2) is 0 Å². The Bertz CT molecular complexity index is 717. The molecule has 1 fully saturated rings. The third-order valence-electron chi connectivity index (χ3n) is 4.45. The minimum Gasteiger partial charge on any atom is -0.334 e. The first kappa shape index (κ1) is 21.9. The van der Waals surface area contributed by atoms with Gasteiger partial charge < -0.3 is 10.6 Å². The van der Waals surface area contributed by atoms with Crippen molar-refractivity contribution in [2.24, 2.45) is 18.7 Å². The van der Waals surface area contributed by atoms with Crippen molar-refractivity contribution in [3.63, 3.8) is 0 Å². The third kappa shape index (κ3) is 4.53. The van der Waals surface area contributed by atoms with Crippen LogP contribution in [0.25, 0.3) is 10.6 Å². The van der Waals surface area contributed by atoms with Gasteiger partial charge in [0.1, 0.15) is 9.88 Å². The number of nitrogens with two attached hydrogens (primary N) is 1. The normalized spacial score (nSPS) is 19.9. The largest absolute Gasteiger partial charge is 0.334 e. The minimum atomic E-state index is 0. The molecule has 1 saturated heterocycles. The fraction of sp³-hybridized carbons (Fsp3) is 0.562. The summed E-state index contributed by atoms with van der Waals surface area (Å²) in [5.41, 5.74) is 7.62. The number of piperidine rings is 1. The van der Waals surface area contributed by atoms with Crippen molar-refractivity contribution in [2.45, 2.75) is 32.7 Å². The van der Waals surface area contributed by atoms with Gasteiger partial charge in [0.2, 0.25) is 0 Å². The van der Waals surface area contributed by atoms with Gasteiger partial charge in [-0.05, 0) is 25.7 Å². The van der Waals surface area contributed by atoms with E-state index in [-0.39, 0.29) is 36.8 Å². The monoisotopic (exact) mass is 405 g/mol. The highest BCUT2D eigenvalue weighted by Crippen LogP contribution is 2.31. The lowest BCUT2D eigenvalue weighted by molar-refractivity contribution is 0.0577. The van der Waals surface area contributed by atoms with Gasteiger partial charge in [-0.1, -0.05) is 6.92 Å². The third-order valence-corrected chi connectivity index (χ3v) is 5.65. The van der Waals surface area contributed by atoms with Crippen LogP contribution >= 0.6 is 36.2 Å². The standard InChI is InChI=1S/C16H23N5OS.2ClH/c1-10-4-5-21(13(6-10)7-17)16(22)14-11(2)19-15(23-14)12-8-18-20(3)9-12;;/h8-10,13H,4-7,17H2,1-3H3;2*1H. The van der Waals surface area contributed by atoms with Gasteiger partial charge >= 0.3 is 0 Å². The van der Waals surface area contributed by atoms with E-state index in [1.54, 1.807) is 10.9 Å². The molecule has 140 valence electrons. The van der Waals surface area contributed by atoms with Crippen LogP contribution in [-0.4, -0.2) is 44.7 Å². The number of halogens is 2. The van der Waals surface area contributed by atoms with Crippen LogP contribution in [0.5, 0.6) is 0 Å². The molecule has 1 amide bonds. The topological polar surface area (TPSA) is 77.0 Å². The van der Waals surface area contributed by atoms with E-state index in [9.17, 15) is 4.79 Å². The molecule has 2 aromatic rings. The molecule has 2 unspecified atom stereocenters. The van der Waals surface area contributed by atoms with Crippen LogP contribution in [0.15, 0.2) is 12.4 Å². The zero-order chi connectivity index (χ0) is 16.6. The van der Waals surface area contributed by atoms with Gasteiger partial charge in [-0.25, -0.2) is 4.98 Å². The summed E-state index contributed by atoms with van der Waals surface area (Å²) in [7, 11) is 1.87. The van der Waals surface area contributed by atoms with Crippen LogP contribution in [0.1, 0.15) is 35.1 Å². The maximum atomic E-state index is 13.0. The van der Waals surface area contributed by atoms with E-state index in [1.807, 2.05) is 25.1 Å². The lowest BCUT2D eigenvalue weighted by Crippen LogP contribution is -2.49. The molecule has 0 aromatic carbocycles. The van der Waals surface area contributed by atoms with E-state index < -0.39 is 0 Å². The molecule has 1 aliphatic heterocycles. The highest BCUT2D eigenvalue weighted by atomic mass is 35.5. The van der Waals surface area contributed by atoms with Crippen molar-refractivity contribution in [2.75, 3.05) is 13.1 Å². The summed E-state index contributed by atoms with van der Waals surface area (Å²) in [6.45, 7) is 5.42. The van der Waals surface area contributed by atoms with E-state index in [1.165, 1.54) is 11.3 Å². The summed E-state index contributed by atoms with van der Waals surface area (Å²) in [5.74, 6) is 0.693. The van der Waals surface area contributed by atoms with Crippen molar-refractivity contribution in [1.29, 1.82) is 0 Å². The molecule has 25 heavy (non-hydrogen) atoms. The van der Waals surface area contributed by atoms with Crippen molar-refractivity contribution >= 4 is 42.1 Å². The van der Waals surface area contributed by atoms with Gasteiger partial charge in [0.25, 0.3) is 5.91 Å². The number of hydrogen-bond donors (Lipinski definition) is 1. The number of nitrogens with zero attached hydrogens (tertiary/aromatic N) is 4. The van der Waals surface area contributed by atoms with E-state index in [0.717, 1.165) is 40.5 Å². The summed E-state index contributed by atoms with van der Waals surface area (Å²) in [6.07, 6.45) is 5.71. The van der Waals surface area contributed by atoms with Crippen LogP contribution < -0.4 is 5.73 Å². The maximum absolute atomic E-state index is 13.0. The molecule has 0 spiro atoms. The first-order valence-electron chi connectivity index (χ1n) is 7.97. The number of amides is 1. The summed E-state index contributed by atoms with van der Waals surface area (Å²) in [5, 5.41) is 5.01. The molecule has 9 heteroatoms. The Morgan fingerprint density at radius 2 is 2.16 bits per heavy atom. The predicted octanol–water partition coefficient (Wildman–Crippen LogP) is 2.90. The van der Waals surface area contributed by atoms with Crippen molar-refractivity contribution < 1.29 is 4.79 Å². The fourth-order valence-electron chi connectivity index (χ4n) is 3.12. The number of carbonyl (C=O) groups excluding carboxylic acids is 1. The van der Waals surface area contributed by atoms with Crippen LogP contribution in [0.4, 0.5) is 0 Å². The number of aryl methyl sites for hydroxylation is 2. The van der Waals surface area contributed by atoms with Crippen LogP contribution in [0.2, 0.25) is 0 Å². The molecule has 6 nitrogen and oxygen atoms in total. The van der Waals surface area contributed by atoms with Gasteiger partial charge in [-0.15, -0.1) is 36.2 Å². The summed E-state index contributed by atoms with van der Waals surface area (Å²) < 4.78 is 1.74. The molecule has 3 heterocycles. The quantitative estimate of drug-likeness (QED) is 0.851. The molecule has 0 aliphatic carbocycles. The Balaban J connectivity index is 0.00000156. The first-order valence-corrected chi connectivity index (χ1v) is 8.78. The molecular formula is C16H25Cl2N5OS. The number of hydrogen-bond acceptors (Lipinski definition) is 5. The average molecular weight is 406 g/mol. The Hall–Kier alpha value is -1.15. The molecular weight excluding hydrogens is 381 g/mol.